The monoisotopic (exact) mass is 318 g/mol. The largest absolute Gasteiger partial charge is 0.494 e. The van der Waals surface area contributed by atoms with Gasteiger partial charge in [0.2, 0.25) is 0 Å². The van der Waals surface area contributed by atoms with E-state index in [2.05, 4.69) is 24.5 Å². The van der Waals surface area contributed by atoms with E-state index in [0.717, 1.165) is 24.3 Å². The van der Waals surface area contributed by atoms with E-state index in [0.29, 0.717) is 19.1 Å². The molecule has 2 fully saturated rings. The van der Waals surface area contributed by atoms with Crippen LogP contribution in [0.2, 0.25) is 0 Å². The summed E-state index contributed by atoms with van der Waals surface area (Å²) >= 11 is 0. The summed E-state index contributed by atoms with van der Waals surface area (Å²) in [4.78, 5) is 12.3. The highest BCUT2D eigenvalue weighted by Gasteiger charge is 2.59. The molecule has 3 rings (SSSR count). The third kappa shape index (κ3) is 3.02. The van der Waals surface area contributed by atoms with Crippen molar-refractivity contribution in [3.05, 3.63) is 29.8 Å². The van der Waals surface area contributed by atoms with Crippen LogP contribution in [0.15, 0.2) is 24.3 Å². The number of urea groups is 1. The van der Waals surface area contributed by atoms with E-state index < -0.39 is 0 Å². The second-order valence-electron chi connectivity index (χ2n) is 6.91. The molecule has 1 heterocycles. The van der Waals surface area contributed by atoms with Crippen LogP contribution in [-0.2, 0) is 11.3 Å². The summed E-state index contributed by atoms with van der Waals surface area (Å²) in [7, 11) is 0. The predicted molar refractivity (Wildman–Crippen MR) is 88.4 cm³/mol. The van der Waals surface area contributed by atoms with Crippen molar-refractivity contribution in [2.75, 3.05) is 13.2 Å². The number of hydrogen-bond donors (Lipinski definition) is 2. The SMILES string of the molecule is CCOc1ccccc1CNC(=O)N[C@@H]1[C@H]2CCO[C@@H]2C1(C)C. The molecule has 3 atom stereocenters. The maximum absolute atomic E-state index is 12.3. The highest BCUT2D eigenvalue weighted by molar-refractivity contribution is 5.74. The highest BCUT2D eigenvalue weighted by Crippen LogP contribution is 2.52. The van der Waals surface area contributed by atoms with Crippen LogP contribution in [0.4, 0.5) is 4.79 Å². The summed E-state index contributed by atoms with van der Waals surface area (Å²) in [5, 5.41) is 6.07. The molecule has 5 nitrogen and oxygen atoms in total. The second kappa shape index (κ2) is 6.40. The standard InChI is InChI=1S/C18H26N2O3/c1-4-22-14-8-6-5-7-12(14)11-19-17(21)20-15-13-9-10-23-16(13)18(15,2)3/h5-8,13,15-16H,4,9-11H2,1-3H3,(H2,19,20,21)/t13-,15-,16+/m1/s1. The summed E-state index contributed by atoms with van der Waals surface area (Å²) in [5.41, 5.74) is 0.987. The minimum Gasteiger partial charge on any atom is -0.494 e. The van der Waals surface area contributed by atoms with Gasteiger partial charge in [0.25, 0.3) is 0 Å². The first-order valence-corrected chi connectivity index (χ1v) is 8.40. The molecule has 0 unspecified atom stereocenters. The van der Waals surface area contributed by atoms with Crippen LogP contribution in [0.3, 0.4) is 0 Å². The summed E-state index contributed by atoms with van der Waals surface area (Å²) in [6.07, 6.45) is 1.32. The fourth-order valence-electron chi connectivity index (χ4n) is 3.93. The average molecular weight is 318 g/mol. The Morgan fingerprint density at radius 2 is 2.17 bits per heavy atom. The Bertz CT molecular complexity index is 573. The number of amides is 2. The Hall–Kier alpha value is -1.75. The molecule has 1 aromatic rings. The van der Waals surface area contributed by atoms with Crippen molar-refractivity contribution in [2.45, 2.75) is 45.9 Å². The van der Waals surface area contributed by atoms with Crippen molar-refractivity contribution in [1.82, 2.24) is 10.6 Å². The molecular formula is C18H26N2O3. The van der Waals surface area contributed by atoms with Gasteiger partial charge in [0.05, 0.1) is 12.7 Å². The number of hydrogen-bond acceptors (Lipinski definition) is 3. The lowest BCUT2D eigenvalue weighted by molar-refractivity contribution is -0.108. The van der Waals surface area contributed by atoms with Crippen molar-refractivity contribution in [3.8, 4) is 5.75 Å². The molecule has 2 N–H and O–H groups in total. The molecular weight excluding hydrogens is 292 g/mol. The summed E-state index contributed by atoms with van der Waals surface area (Å²) in [5.74, 6) is 1.27. The molecule has 1 aromatic carbocycles. The molecule has 0 bridgehead atoms. The number of nitrogens with one attached hydrogen (secondary N) is 2. The van der Waals surface area contributed by atoms with Gasteiger partial charge >= 0.3 is 6.03 Å². The number of ether oxygens (including phenoxy) is 2. The van der Waals surface area contributed by atoms with E-state index in [4.69, 9.17) is 9.47 Å². The van der Waals surface area contributed by atoms with E-state index in [1.54, 1.807) is 0 Å². The van der Waals surface area contributed by atoms with Crippen molar-refractivity contribution in [2.24, 2.45) is 11.3 Å². The summed E-state index contributed by atoms with van der Waals surface area (Å²) < 4.78 is 11.3. The van der Waals surface area contributed by atoms with Gasteiger partial charge in [0.15, 0.2) is 0 Å². The minimum atomic E-state index is -0.125. The number of para-hydroxylation sites is 1. The maximum atomic E-state index is 12.3. The third-order valence-electron chi connectivity index (χ3n) is 5.10. The van der Waals surface area contributed by atoms with Gasteiger partial charge in [0.1, 0.15) is 5.75 Å². The molecule has 126 valence electrons. The zero-order chi connectivity index (χ0) is 16.4. The second-order valence-corrected chi connectivity index (χ2v) is 6.91. The number of carbonyl (C=O) groups is 1. The van der Waals surface area contributed by atoms with Gasteiger partial charge in [-0.2, -0.15) is 0 Å². The van der Waals surface area contributed by atoms with Gasteiger partial charge in [0, 0.05) is 36.1 Å². The molecule has 1 saturated heterocycles. The van der Waals surface area contributed by atoms with Gasteiger partial charge in [-0.15, -0.1) is 0 Å². The van der Waals surface area contributed by atoms with Crippen molar-refractivity contribution in [1.29, 1.82) is 0 Å². The summed E-state index contributed by atoms with van der Waals surface area (Å²) in [6, 6.07) is 7.84. The number of carbonyl (C=O) groups excluding carboxylic acids is 1. The van der Waals surface area contributed by atoms with E-state index in [1.807, 2.05) is 31.2 Å². The van der Waals surface area contributed by atoms with Crippen molar-refractivity contribution in [3.63, 3.8) is 0 Å². The van der Waals surface area contributed by atoms with E-state index >= 15 is 0 Å². The number of rotatable bonds is 5. The lowest BCUT2D eigenvalue weighted by Crippen LogP contribution is -2.67. The van der Waals surface area contributed by atoms with Gasteiger partial charge in [-0.25, -0.2) is 4.79 Å². The Labute approximate surface area is 137 Å². The van der Waals surface area contributed by atoms with Crippen molar-refractivity contribution >= 4 is 6.03 Å². The molecule has 1 aliphatic carbocycles. The van der Waals surface area contributed by atoms with Crippen LogP contribution in [0.25, 0.3) is 0 Å². The Morgan fingerprint density at radius 1 is 1.39 bits per heavy atom. The smallest absolute Gasteiger partial charge is 0.315 e. The molecule has 5 heteroatoms. The lowest BCUT2D eigenvalue weighted by Gasteiger charge is -2.54. The van der Waals surface area contributed by atoms with E-state index in [-0.39, 0.29) is 23.6 Å². The molecule has 2 amide bonds. The Balaban J connectivity index is 1.54. The average Bonchev–Trinajstić information content (AvgIpc) is 2.99. The van der Waals surface area contributed by atoms with Crippen LogP contribution in [0.5, 0.6) is 5.75 Å². The topological polar surface area (TPSA) is 59.6 Å². The molecule has 0 spiro atoms. The molecule has 2 aliphatic rings. The van der Waals surface area contributed by atoms with Crippen LogP contribution >= 0.6 is 0 Å². The zero-order valence-electron chi connectivity index (χ0n) is 14.1. The molecule has 0 radical (unpaired) electrons. The lowest BCUT2D eigenvalue weighted by atomic mass is 9.57. The molecule has 1 saturated carbocycles. The van der Waals surface area contributed by atoms with Crippen LogP contribution in [0.1, 0.15) is 32.8 Å². The first kappa shape index (κ1) is 16.1. The maximum Gasteiger partial charge on any atom is 0.315 e. The first-order valence-electron chi connectivity index (χ1n) is 8.40. The Morgan fingerprint density at radius 3 is 2.96 bits per heavy atom. The fourth-order valence-corrected chi connectivity index (χ4v) is 3.93. The zero-order valence-corrected chi connectivity index (χ0v) is 14.1. The Kier molecular flexibility index (Phi) is 4.48. The van der Waals surface area contributed by atoms with E-state index in [1.165, 1.54) is 0 Å². The van der Waals surface area contributed by atoms with Crippen molar-refractivity contribution < 1.29 is 14.3 Å². The van der Waals surface area contributed by atoms with Gasteiger partial charge < -0.3 is 20.1 Å². The van der Waals surface area contributed by atoms with Gasteiger partial charge in [-0.05, 0) is 19.4 Å². The van der Waals surface area contributed by atoms with Crippen LogP contribution < -0.4 is 15.4 Å². The van der Waals surface area contributed by atoms with Crippen LogP contribution in [0, 0.1) is 11.3 Å². The number of benzene rings is 1. The predicted octanol–water partition coefficient (Wildman–Crippen LogP) is 2.70. The molecule has 0 aromatic heterocycles. The number of fused-ring (bicyclic) bond motifs is 1. The van der Waals surface area contributed by atoms with Crippen LogP contribution in [-0.4, -0.2) is 31.4 Å². The minimum absolute atomic E-state index is 0.00172. The molecule has 23 heavy (non-hydrogen) atoms. The van der Waals surface area contributed by atoms with E-state index in [9.17, 15) is 4.79 Å². The normalized spacial score (nSPS) is 27.7. The van der Waals surface area contributed by atoms with Gasteiger partial charge in [-0.1, -0.05) is 32.0 Å². The third-order valence-corrected chi connectivity index (χ3v) is 5.10. The highest BCUT2D eigenvalue weighted by atomic mass is 16.5. The first-order chi connectivity index (χ1) is 11.0. The molecule has 1 aliphatic heterocycles. The summed E-state index contributed by atoms with van der Waals surface area (Å²) in [6.45, 7) is 8.15. The van der Waals surface area contributed by atoms with Gasteiger partial charge in [-0.3, -0.25) is 0 Å². The quantitative estimate of drug-likeness (QED) is 0.877. The fraction of sp³-hybridized carbons (Fsp3) is 0.611.